The molecule has 0 aliphatic heterocycles. The summed E-state index contributed by atoms with van der Waals surface area (Å²) in [5.74, 6) is -0.0690. The van der Waals surface area contributed by atoms with Gasteiger partial charge < -0.3 is 14.8 Å². The Bertz CT molecular complexity index is 934. The third-order valence-corrected chi connectivity index (χ3v) is 5.49. The Morgan fingerprint density at radius 2 is 1.96 bits per heavy atom. The number of amides is 1. The van der Waals surface area contributed by atoms with Gasteiger partial charge in [0.05, 0.1) is 23.8 Å². The maximum absolute atomic E-state index is 12.6. The topological polar surface area (TPSA) is 93.7 Å². The molecule has 0 fully saturated rings. The zero-order valence-electron chi connectivity index (χ0n) is 15.9. The van der Waals surface area contributed by atoms with Crippen LogP contribution in [0.1, 0.15) is 24.2 Å². The Labute approximate surface area is 170 Å². The average molecular weight is 427 g/mol. The van der Waals surface area contributed by atoms with Gasteiger partial charge in [-0.1, -0.05) is 17.7 Å². The highest BCUT2D eigenvalue weighted by atomic mass is 35.5. The number of benzene rings is 2. The largest absolute Gasteiger partial charge is 0.492 e. The summed E-state index contributed by atoms with van der Waals surface area (Å²) < 4.78 is 38.2. The van der Waals surface area contributed by atoms with Crippen LogP contribution in [-0.4, -0.2) is 40.7 Å². The van der Waals surface area contributed by atoms with E-state index in [2.05, 4.69) is 10.0 Å². The maximum atomic E-state index is 12.6. The normalized spacial score (nSPS) is 12.4. The Kier molecular flexibility index (Phi) is 7.82. The Morgan fingerprint density at radius 1 is 1.21 bits per heavy atom. The molecule has 28 heavy (non-hydrogen) atoms. The lowest BCUT2D eigenvalue weighted by Gasteiger charge is -2.16. The molecule has 0 radical (unpaired) electrons. The highest BCUT2D eigenvalue weighted by Crippen LogP contribution is 2.28. The van der Waals surface area contributed by atoms with E-state index in [1.54, 1.807) is 32.0 Å². The molecule has 0 aromatic heterocycles. The molecule has 1 amide bonds. The SMILES string of the molecule is CCOc1ccc(S(=O)(=O)N[C@@H](C)COC)cc1NC(=O)c1cccc(Cl)c1. The van der Waals surface area contributed by atoms with Crippen LogP contribution in [0.25, 0.3) is 0 Å². The van der Waals surface area contributed by atoms with Gasteiger partial charge in [0.25, 0.3) is 5.91 Å². The van der Waals surface area contributed by atoms with Gasteiger partial charge in [-0.3, -0.25) is 4.79 Å². The molecule has 9 heteroatoms. The molecule has 0 saturated carbocycles. The number of hydrogen-bond donors (Lipinski definition) is 2. The van der Waals surface area contributed by atoms with Crippen molar-refractivity contribution in [2.75, 3.05) is 25.6 Å². The number of rotatable bonds is 9. The molecule has 0 spiro atoms. The van der Waals surface area contributed by atoms with E-state index in [4.69, 9.17) is 21.1 Å². The summed E-state index contributed by atoms with van der Waals surface area (Å²) in [6.45, 7) is 4.07. The van der Waals surface area contributed by atoms with Crippen LogP contribution in [0.15, 0.2) is 47.4 Å². The first kappa shape index (κ1) is 22.2. The van der Waals surface area contributed by atoms with Gasteiger partial charge in [-0.15, -0.1) is 0 Å². The van der Waals surface area contributed by atoms with Crippen molar-refractivity contribution in [3.63, 3.8) is 0 Å². The lowest BCUT2D eigenvalue weighted by atomic mass is 10.2. The first-order chi connectivity index (χ1) is 13.3. The number of anilines is 1. The molecule has 152 valence electrons. The Morgan fingerprint density at radius 3 is 2.61 bits per heavy atom. The Balaban J connectivity index is 2.33. The predicted molar refractivity (Wildman–Crippen MR) is 109 cm³/mol. The van der Waals surface area contributed by atoms with Crippen molar-refractivity contribution in [2.45, 2.75) is 24.8 Å². The van der Waals surface area contributed by atoms with Gasteiger partial charge in [-0.2, -0.15) is 0 Å². The van der Waals surface area contributed by atoms with Gasteiger partial charge in [-0.05, 0) is 50.2 Å². The van der Waals surface area contributed by atoms with E-state index in [9.17, 15) is 13.2 Å². The molecular weight excluding hydrogens is 404 g/mol. The minimum absolute atomic E-state index is 0.000278. The molecule has 0 heterocycles. The van der Waals surface area contributed by atoms with Crippen LogP contribution >= 0.6 is 11.6 Å². The molecule has 2 N–H and O–H groups in total. The first-order valence-corrected chi connectivity index (χ1v) is 10.5. The van der Waals surface area contributed by atoms with Crippen molar-refractivity contribution < 1.29 is 22.7 Å². The van der Waals surface area contributed by atoms with Crippen LogP contribution in [0.4, 0.5) is 5.69 Å². The van der Waals surface area contributed by atoms with E-state index < -0.39 is 22.0 Å². The second-order valence-electron chi connectivity index (χ2n) is 6.03. The second kappa shape index (κ2) is 9.88. The van der Waals surface area contributed by atoms with Crippen molar-refractivity contribution in [3.05, 3.63) is 53.1 Å². The number of methoxy groups -OCH3 is 1. The third kappa shape index (κ3) is 5.93. The minimum Gasteiger partial charge on any atom is -0.492 e. The Hall–Kier alpha value is -2.13. The number of carbonyl (C=O) groups is 1. The third-order valence-electron chi connectivity index (χ3n) is 3.67. The fourth-order valence-corrected chi connectivity index (χ4v) is 3.94. The van der Waals surface area contributed by atoms with Gasteiger partial charge >= 0.3 is 0 Å². The monoisotopic (exact) mass is 426 g/mol. The van der Waals surface area contributed by atoms with E-state index in [1.165, 1.54) is 31.4 Å². The van der Waals surface area contributed by atoms with Crippen LogP contribution in [0.3, 0.4) is 0 Å². The van der Waals surface area contributed by atoms with Crippen LogP contribution in [0.2, 0.25) is 5.02 Å². The standard InChI is InChI=1S/C19H23ClN2O5S/c1-4-27-18-9-8-16(28(24,25)22-13(2)12-26-3)11-17(18)21-19(23)14-6-5-7-15(20)10-14/h5-11,13,22H,4,12H2,1-3H3,(H,21,23)/t13-/m0/s1. The van der Waals surface area contributed by atoms with Crippen molar-refractivity contribution in [1.29, 1.82) is 0 Å². The van der Waals surface area contributed by atoms with E-state index in [0.29, 0.717) is 22.9 Å². The molecule has 0 aliphatic rings. The summed E-state index contributed by atoms with van der Waals surface area (Å²) in [5.41, 5.74) is 0.587. The number of nitrogens with one attached hydrogen (secondary N) is 2. The molecule has 1 atom stereocenters. The summed E-state index contributed by atoms with van der Waals surface area (Å²) in [6.07, 6.45) is 0. The van der Waals surface area contributed by atoms with Crippen LogP contribution in [-0.2, 0) is 14.8 Å². The fraction of sp³-hybridized carbons (Fsp3) is 0.316. The van der Waals surface area contributed by atoms with Crippen molar-refractivity contribution >= 4 is 33.2 Å². The average Bonchev–Trinajstić information content (AvgIpc) is 2.63. The molecule has 2 rings (SSSR count). The second-order valence-corrected chi connectivity index (χ2v) is 8.18. The van der Waals surface area contributed by atoms with E-state index in [1.807, 2.05) is 0 Å². The van der Waals surface area contributed by atoms with Gasteiger partial charge in [-0.25, -0.2) is 13.1 Å². The smallest absolute Gasteiger partial charge is 0.255 e. The number of sulfonamides is 1. The highest BCUT2D eigenvalue weighted by molar-refractivity contribution is 7.89. The van der Waals surface area contributed by atoms with E-state index >= 15 is 0 Å². The fourth-order valence-electron chi connectivity index (χ4n) is 2.50. The molecule has 0 aliphatic carbocycles. The lowest BCUT2D eigenvalue weighted by molar-refractivity contribution is 0.102. The summed E-state index contributed by atoms with van der Waals surface area (Å²) in [4.78, 5) is 12.5. The number of hydrogen-bond acceptors (Lipinski definition) is 5. The lowest BCUT2D eigenvalue weighted by Crippen LogP contribution is -2.35. The van der Waals surface area contributed by atoms with Crippen molar-refractivity contribution in [3.8, 4) is 5.75 Å². The van der Waals surface area contributed by atoms with Crippen molar-refractivity contribution in [1.82, 2.24) is 4.72 Å². The van der Waals surface area contributed by atoms with Gasteiger partial charge in [0.2, 0.25) is 10.0 Å². The van der Waals surface area contributed by atoms with Crippen LogP contribution in [0.5, 0.6) is 5.75 Å². The highest BCUT2D eigenvalue weighted by Gasteiger charge is 2.20. The number of ether oxygens (including phenoxy) is 2. The number of carbonyl (C=O) groups excluding carboxylic acids is 1. The predicted octanol–water partition coefficient (Wildman–Crippen LogP) is 3.30. The van der Waals surface area contributed by atoms with Crippen molar-refractivity contribution in [2.24, 2.45) is 0 Å². The van der Waals surface area contributed by atoms with Crippen LogP contribution < -0.4 is 14.8 Å². The molecule has 0 bridgehead atoms. The van der Waals surface area contributed by atoms with Gasteiger partial charge in [0, 0.05) is 23.7 Å². The zero-order chi connectivity index (χ0) is 20.7. The summed E-state index contributed by atoms with van der Waals surface area (Å²) in [7, 11) is -2.31. The molecule has 2 aromatic rings. The summed E-state index contributed by atoms with van der Waals surface area (Å²) >= 11 is 5.93. The number of halogens is 1. The van der Waals surface area contributed by atoms with Crippen LogP contribution in [0, 0.1) is 0 Å². The van der Waals surface area contributed by atoms with Gasteiger partial charge in [0.15, 0.2) is 0 Å². The van der Waals surface area contributed by atoms with E-state index in [-0.39, 0.29) is 17.2 Å². The maximum Gasteiger partial charge on any atom is 0.255 e. The molecule has 7 nitrogen and oxygen atoms in total. The quantitative estimate of drug-likeness (QED) is 0.641. The summed E-state index contributed by atoms with van der Waals surface area (Å²) in [6, 6.07) is 10.3. The van der Waals surface area contributed by atoms with E-state index in [0.717, 1.165) is 0 Å². The first-order valence-electron chi connectivity index (χ1n) is 8.62. The minimum atomic E-state index is -3.80. The zero-order valence-corrected chi connectivity index (χ0v) is 17.4. The molecule has 0 saturated heterocycles. The van der Waals surface area contributed by atoms with Gasteiger partial charge in [0.1, 0.15) is 5.75 Å². The molecular formula is C19H23ClN2O5S. The molecule has 0 unspecified atom stereocenters. The molecule has 2 aromatic carbocycles. The summed E-state index contributed by atoms with van der Waals surface area (Å²) in [5, 5.41) is 3.11.